The number of para-hydroxylation sites is 1. The van der Waals surface area contributed by atoms with Gasteiger partial charge in [0, 0.05) is 29.6 Å². The molecule has 3 aromatic rings. The molecule has 0 radical (unpaired) electrons. The number of nitrogens with zero attached hydrogens (tertiary/aromatic N) is 2. The number of hydrogen-bond acceptors (Lipinski definition) is 4. The van der Waals surface area contributed by atoms with Gasteiger partial charge in [-0.05, 0) is 30.3 Å². The molecule has 1 unspecified atom stereocenters. The van der Waals surface area contributed by atoms with Crippen LogP contribution in [0.15, 0.2) is 53.9 Å². The van der Waals surface area contributed by atoms with Gasteiger partial charge >= 0.3 is 0 Å². The standard InChI is InChI=1S/C20H15F2N3O2S/c21-13-6-7-16(22)15(9-13)17-11-28-20(23-17)24-19(27)12-8-18(26)25(10-12)14-4-2-1-3-5-14/h1-7,9,11-12H,8,10H2,(H,23,24,27). The first-order chi connectivity index (χ1) is 13.5. The van der Waals surface area contributed by atoms with E-state index < -0.39 is 17.6 Å². The van der Waals surface area contributed by atoms with Gasteiger partial charge < -0.3 is 10.2 Å². The summed E-state index contributed by atoms with van der Waals surface area (Å²) in [4.78, 5) is 30.6. The highest BCUT2D eigenvalue weighted by Gasteiger charge is 2.35. The lowest BCUT2D eigenvalue weighted by molar-refractivity contribution is -0.122. The van der Waals surface area contributed by atoms with E-state index in [1.54, 1.807) is 10.3 Å². The van der Waals surface area contributed by atoms with Gasteiger partial charge in [-0.1, -0.05) is 18.2 Å². The van der Waals surface area contributed by atoms with E-state index in [0.717, 1.165) is 35.2 Å². The minimum Gasteiger partial charge on any atom is -0.312 e. The summed E-state index contributed by atoms with van der Waals surface area (Å²) in [5.41, 5.74) is 1.02. The third-order valence-corrected chi connectivity index (χ3v) is 5.26. The number of carbonyl (C=O) groups excluding carboxylic acids is 2. The van der Waals surface area contributed by atoms with Crippen molar-refractivity contribution in [1.29, 1.82) is 0 Å². The molecule has 1 atom stereocenters. The molecule has 1 N–H and O–H groups in total. The lowest BCUT2D eigenvalue weighted by Crippen LogP contribution is -2.28. The van der Waals surface area contributed by atoms with E-state index in [0.29, 0.717) is 0 Å². The Labute approximate surface area is 163 Å². The Morgan fingerprint density at radius 1 is 1.18 bits per heavy atom. The van der Waals surface area contributed by atoms with Crippen molar-refractivity contribution in [3.8, 4) is 11.3 Å². The van der Waals surface area contributed by atoms with Crippen molar-refractivity contribution >= 4 is 34.0 Å². The molecule has 1 fully saturated rings. The van der Waals surface area contributed by atoms with Gasteiger partial charge in [0.1, 0.15) is 11.6 Å². The quantitative estimate of drug-likeness (QED) is 0.719. The van der Waals surface area contributed by atoms with Crippen molar-refractivity contribution in [3.05, 3.63) is 65.5 Å². The molecule has 0 aliphatic carbocycles. The van der Waals surface area contributed by atoms with Crippen LogP contribution in [0.4, 0.5) is 19.6 Å². The minimum absolute atomic E-state index is 0.0306. The van der Waals surface area contributed by atoms with E-state index in [1.165, 1.54) is 0 Å². The van der Waals surface area contributed by atoms with Gasteiger partial charge in [0.15, 0.2) is 5.13 Å². The molecule has 142 valence electrons. The number of anilines is 2. The predicted octanol–water partition coefficient (Wildman–Crippen LogP) is 4.08. The van der Waals surface area contributed by atoms with Crippen molar-refractivity contribution in [1.82, 2.24) is 4.98 Å². The first-order valence-corrected chi connectivity index (χ1v) is 9.46. The Bertz CT molecular complexity index is 1040. The van der Waals surface area contributed by atoms with Crippen LogP contribution in [0.5, 0.6) is 0 Å². The monoisotopic (exact) mass is 399 g/mol. The van der Waals surface area contributed by atoms with Crippen LogP contribution >= 0.6 is 11.3 Å². The first-order valence-electron chi connectivity index (χ1n) is 8.58. The van der Waals surface area contributed by atoms with E-state index >= 15 is 0 Å². The van der Waals surface area contributed by atoms with E-state index in [4.69, 9.17) is 0 Å². The molecule has 0 saturated carbocycles. The van der Waals surface area contributed by atoms with Crippen molar-refractivity contribution in [2.75, 3.05) is 16.8 Å². The van der Waals surface area contributed by atoms with Crippen molar-refractivity contribution in [2.24, 2.45) is 5.92 Å². The topological polar surface area (TPSA) is 62.3 Å². The normalized spacial score (nSPS) is 16.4. The third-order valence-electron chi connectivity index (χ3n) is 4.50. The second-order valence-electron chi connectivity index (χ2n) is 6.39. The van der Waals surface area contributed by atoms with Gasteiger partial charge in [-0.25, -0.2) is 13.8 Å². The third kappa shape index (κ3) is 3.63. The number of amides is 2. The maximum absolute atomic E-state index is 13.9. The van der Waals surface area contributed by atoms with Crippen LogP contribution < -0.4 is 10.2 Å². The first kappa shape index (κ1) is 18.2. The number of hydrogen-bond donors (Lipinski definition) is 1. The summed E-state index contributed by atoms with van der Waals surface area (Å²) < 4.78 is 27.3. The number of benzene rings is 2. The molecule has 5 nitrogen and oxygen atoms in total. The van der Waals surface area contributed by atoms with Crippen LogP contribution in [0.1, 0.15) is 6.42 Å². The van der Waals surface area contributed by atoms with Crippen molar-refractivity contribution < 1.29 is 18.4 Å². The molecule has 1 aliphatic heterocycles. The molecule has 1 saturated heterocycles. The Morgan fingerprint density at radius 3 is 2.75 bits per heavy atom. The van der Waals surface area contributed by atoms with E-state index in [1.807, 2.05) is 30.3 Å². The molecule has 1 aromatic heterocycles. The van der Waals surface area contributed by atoms with E-state index in [2.05, 4.69) is 10.3 Å². The number of rotatable bonds is 4. The van der Waals surface area contributed by atoms with Gasteiger partial charge in [0.05, 0.1) is 11.6 Å². The lowest BCUT2D eigenvalue weighted by Gasteiger charge is -2.16. The molecule has 8 heteroatoms. The minimum atomic E-state index is -0.593. The molecule has 2 amide bonds. The number of aromatic nitrogens is 1. The fourth-order valence-corrected chi connectivity index (χ4v) is 3.81. The highest BCUT2D eigenvalue weighted by molar-refractivity contribution is 7.14. The van der Waals surface area contributed by atoms with Crippen molar-refractivity contribution in [3.63, 3.8) is 0 Å². The molecule has 4 rings (SSSR count). The molecule has 28 heavy (non-hydrogen) atoms. The average molecular weight is 399 g/mol. The largest absolute Gasteiger partial charge is 0.312 e. The summed E-state index contributed by atoms with van der Waals surface area (Å²) in [5.74, 6) is -2.11. The maximum atomic E-state index is 13.9. The summed E-state index contributed by atoms with van der Waals surface area (Å²) in [6, 6.07) is 12.3. The fraction of sp³-hybridized carbons (Fsp3) is 0.150. The Kier molecular flexibility index (Phi) is 4.87. The van der Waals surface area contributed by atoms with Gasteiger partial charge in [0.25, 0.3) is 0 Å². The van der Waals surface area contributed by atoms with Crippen LogP contribution in [0, 0.1) is 17.6 Å². The SMILES string of the molecule is O=C(Nc1nc(-c2cc(F)ccc2F)cs1)C1CC(=O)N(c2ccccc2)C1. The maximum Gasteiger partial charge on any atom is 0.231 e. The predicted molar refractivity (Wildman–Crippen MR) is 103 cm³/mol. The fourth-order valence-electron chi connectivity index (χ4n) is 3.10. The molecular formula is C20H15F2N3O2S. The highest BCUT2D eigenvalue weighted by atomic mass is 32.1. The van der Waals surface area contributed by atoms with Crippen LogP contribution in [-0.2, 0) is 9.59 Å². The Morgan fingerprint density at radius 2 is 1.96 bits per heavy atom. The molecule has 2 aromatic carbocycles. The van der Waals surface area contributed by atoms with Gasteiger partial charge in [-0.3, -0.25) is 9.59 Å². The summed E-state index contributed by atoms with van der Waals surface area (Å²) in [6.07, 6.45) is 0.109. The van der Waals surface area contributed by atoms with E-state index in [9.17, 15) is 18.4 Å². The zero-order valence-electron chi connectivity index (χ0n) is 14.6. The second kappa shape index (κ2) is 7.47. The summed E-state index contributed by atoms with van der Waals surface area (Å²) in [7, 11) is 0. The number of nitrogens with one attached hydrogen (secondary N) is 1. The Hall–Kier alpha value is -3.13. The average Bonchev–Trinajstić information content (AvgIpc) is 3.31. The zero-order valence-corrected chi connectivity index (χ0v) is 15.4. The van der Waals surface area contributed by atoms with Crippen molar-refractivity contribution in [2.45, 2.75) is 6.42 Å². The number of halogens is 2. The Balaban J connectivity index is 1.46. The summed E-state index contributed by atoms with van der Waals surface area (Å²) in [5, 5.41) is 4.49. The highest BCUT2D eigenvalue weighted by Crippen LogP contribution is 2.29. The molecule has 1 aliphatic rings. The van der Waals surface area contributed by atoms with Crippen LogP contribution in [0.25, 0.3) is 11.3 Å². The number of carbonyl (C=O) groups is 2. The zero-order chi connectivity index (χ0) is 19.7. The van der Waals surface area contributed by atoms with Crippen LogP contribution in [0.2, 0.25) is 0 Å². The van der Waals surface area contributed by atoms with Crippen LogP contribution in [-0.4, -0.2) is 23.3 Å². The molecule has 0 spiro atoms. The van der Waals surface area contributed by atoms with E-state index in [-0.39, 0.29) is 41.2 Å². The number of thiazole rings is 1. The molecule has 2 heterocycles. The molecule has 0 bridgehead atoms. The molecular weight excluding hydrogens is 384 g/mol. The second-order valence-corrected chi connectivity index (χ2v) is 7.25. The van der Waals surface area contributed by atoms with Gasteiger partial charge in [0.2, 0.25) is 11.8 Å². The summed E-state index contributed by atoms with van der Waals surface area (Å²) in [6.45, 7) is 0.283. The van der Waals surface area contributed by atoms with Gasteiger partial charge in [-0.15, -0.1) is 11.3 Å². The van der Waals surface area contributed by atoms with Gasteiger partial charge in [-0.2, -0.15) is 0 Å². The van der Waals surface area contributed by atoms with Crippen LogP contribution in [0.3, 0.4) is 0 Å². The lowest BCUT2D eigenvalue weighted by atomic mass is 10.1. The smallest absolute Gasteiger partial charge is 0.231 e. The summed E-state index contributed by atoms with van der Waals surface area (Å²) >= 11 is 1.11.